The van der Waals surface area contributed by atoms with Crippen LogP contribution in [0.15, 0.2) is 12.2 Å². The second kappa shape index (κ2) is 11.0. The Labute approximate surface area is 225 Å². The van der Waals surface area contributed by atoms with Crippen LogP contribution in [0.5, 0.6) is 0 Å². The Hall–Kier alpha value is -2.43. The van der Waals surface area contributed by atoms with Gasteiger partial charge in [0.1, 0.15) is 17.2 Å². The summed E-state index contributed by atoms with van der Waals surface area (Å²) in [6, 6.07) is -0.774. The third-order valence-corrected chi connectivity index (χ3v) is 9.60. The van der Waals surface area contributed by atoms with E-state index in [4.69, 9.17) is 4.74 Å². The SMILES string of the molecule is CC(C)(C)OC(=O)C[C@H]1CCCCC/C=C\[C@@H]2C[C@@]2(C(=O)NS(=O)(=O)C2CC2)NC(=O)[C@@H]2CCCN2C1=O. The number of sulfonamides is 1. The third kappa shape index (κ3) is 6.76. The molecule has 212 valence electrons. The number of carbonyl (C=O) groups excluding carboxylic acids is 4. The standard InChI is InChI=1S/C27H41N3O7S/c1-26(2,3)37-22(31)16-18-10-7-5-4-6-8-11-19-17-27(19,25(34)29-38(35,36)20-13-14-20)28-23(32)21-12-9-15-30(21)24(18)33/h8,11,18-21H,4-7,9-10,12-17H2,1-3H3,(H,28,32)(H,29,34)/b11-8-/t18-,19-,21+,27-/m1/s1. The molecule has 11 heteroatoms. The highest BCUT2D eigenvalue weighted by atomic mass is 32.2. The summed E-state index contributed by atoms with van der Waals surface area (Å²) in [4.78, 5) is 54.5. The van der Waals surface area contributed by atoms with E-state index in [1.807, 2.05) is 12.2 Å². The van der Waals surface area contributed by atoms with Gasteiger partial charge in [-0.2, -0.15) is 0 Å². The minimum absolute atomic E-state index is 0.0473. The predicted octanol–water partition coefficient (Wildman–Crippen LogP) is 2.33. The van der Waals surface area contributed by atoms with Crippen molar-refractivity contribution in [3.8, 4) is 0 Å². The van der Waals surface area contributed by atoms with E-state index in [-0.39, 0.29) is 18.2 Å². The molecule has 3 fully saturated rings. The highest BCUT2D eigenvalue weighted by molar-refractivity contribution is 7.91. The first-order valence-corrected chi connectivity index (χ1v) is 15.4. The number of fused-ring (bicyclic) bond motifs is 2. The molecule has 0 aromatic heterocycles. The number of allylic oxidation sites excluding steroid dienone is 1. The number of rotatable bonds is 5. The van der Waals surface area contributed by atoms with Crippen LogP contribution in [-0.2, 0) is 33.9 Å². The maximum Gasteiger partial charge on any atom is 0.307 e. The summed E-state index contributed by atoms with van der Waals surface area (Å²) in [5.74, 6) is -2.76. The lowest BCUT2D eigenvalue weighted by Gasteiger charge is -2.30. The Balaban J connectivity index is 1.54. The molecule has 4 atom stereocenters. The highest BCUT2D eigenvalue weighted by Crippen LogP contribution is 2.46. The van der Waals surface area contributed by atoms with Crippen LogP contribution in [0, 0.1) is 11.8 Å². The molecule has 1 saturated heterocycles. The van der Waals surface area contributed by atoms with Crippen LogP contribution in [-0.4, -0.2) is 66.0 Å². The molecule has 0 aromatic rings. The molecule has 0 unspecified atom stereocenters. The number of ether oxygens (including phenoxy) is 1. The third-order valence-electron chi connectivity index (χ3n) is 7.78. The maximum atomic E-state index is 13.7. The van der Waals surface area contributed by atoms with Crippen molar-refractivity contribution in [2.24, 2.45) is 11.8 Å². The topological polar surface area (TPSA) is 139 Å². The van der Waals surface area contributed by atoms with E-state index < -0.39 is 56.2 Å². The van der Waals surface area contributed by atoms with Crippen molar-refractivity contribution in [2.45, 2.75) is 114 Å². The van der Waals surface area contributed by atoms with E-state index in [1.165, 1.54) is 4.90 Å². The van der Waals surface area contributed by atoms with Crippen molar-refractivity contribution in [1.82, 2.24) is 14.9 Å². The van der Waals surface area contributed by atoms with Gasteiger partial charge in [0.25, 0.3) is 5.91 Å². The Kier molecular flexibility index (Phi) is 8.26. The Bertz CT molecular complexity index is 1090. The number of nitrogens with zero attached hydrogens (tertiary/aromatic N) is 1. The van der Waals surface area contributed by atoms with Gasteiger partial charge in [0, 0.05) is 18.4 Å². The summed E-state index contributed by atoms with van der Waals surface area (Å²) in [5.41, 5.74) is -2.01. The first-order chi connectivity index (χ1) is 17.8. The van der Waals surface area contributed by atoms with Gasteiger partial charge in [-0.15, -0.1) is 0 Å². The first-order valence-electron chi connectivity index (χ1n) is 13.9. The molecule has 0 aromatic carbocycles. The lowest BCUT2D eigenvalue weighted by Crippen LogP contribution is -2.57. The molecule has 4 aliphatic rings. The van der Waals surface area contributed by atoms with Crippen molar-refractivity contribution in [3.63, 3.8) is 0 Å². The van der Waals surface area contributed by atoms with Crippen molar-refractivity contribution < 1.29 is 32.3 Å². The van der Waals surface area contributed by atoms with Gasteiger partial charge in [0.15, 0.2) is 0 Å². The number of carbonyl (C=O) groups is 4. The van der Waals surface area contributed by atoms with Crippen LogP contribution < -0.4 is 10.0 Å². The lowest BCUT2D eigenvalue weighted by molar-refractivity contribution is -0.159. The van der Waals surface area contributed by atoms with Crippen LogP contribution in [0.1, 0.15) is 91.4 Å². The predicted molar refractivity (Wildman–Crippen MR) is 140 cm³/mol. The van der Waals surface area contributed by atoms with Gasteiger partial charge in [-0.25, -0.2) is 8.42 Å². The molecule has 2 aliphatic carbocycles. The molecular weight excluding hydrogens is 510 g/mol. The fraction of sp³-hybridized carbons (Fsp3) is 0.778. The summed E-state index contributed by atoms with van der Waals surface area (Å²) in [5, 5.41) is 2.29. The molecule has 0 radical (unpaired) electrons. The Morgan fingerprint density at radius 1 is 1.11 bits per heavy atom. The average Bonchev–Trinajstić information content (AvgIpc) is 3.72. The van der Waals surface area contributed by atoms with E-state index in [9.17, 15) is 27.6 Å². The lowest BCUT2D eigenvalue weighted by atomic mass is 9.95. The zero-order valence-electron chi connectivity index (χ0n) is 22.7. The van der Waals surface area contributed by atoms with E-state index in [0.717, 1.165) is 25.7 Å². The maximum absolute atomic E-state index is 13.7. The summed E-state index contributed by atoms with van der Waals surface area (Å²) in [7, 11) is -3.77. The zero-order chi connectivity index (χ0) is 27.7. The van der Waals surface area contributed by atoms with Gasteiger partial charge in [0.2, 0.25) is 21.8 Å². The monoisotopic (exact) mass is 551 g/mol. The number of nitrogens with one attached hydrogen (secondary N) is 2. The molecule has 2 N–H and O–H groups in total. The molecule has 38 heavy (non-hydrogen) atoms. The average molecular weight is 552 g/mol. The van der Waals surface area contributed by atoms with E-state index >= 15 is 0 Å². The first kappa shape index (κ1) is 28.6. The largest absolute Gasteiger partial charge is 0.460 e. The molecule has 0 bridgehead atoms. The van der Waals surface area contributed by atoms with Crippen molar-refractivity contribution >= 4 is 33.7 Å². The van der Waals surface area contributed by atoms with Crippen LogP contribution >= 0.6 is 0 Å². The van der Waals surface area contributed by atoms with Crippen LogP contribution in [0.3, 0.4) is 0 Å². The fourth-order valence-electron chi connectivity index (χ4n) is 5.49. The van der Waals surface area contributed by atoms with E-state index in [0.29, 0.717) is 45.1 Å². The normalized spacial score (nSPS) is 31.7. The molecule has 2 heterocycles. The second-order valence-corrected chi connectivity index (χ2v) is 14.2. The van der Waals surface area contributed by atoms with E-state index in [1.54, 1.807) is 20.8 Å². The van der Waals surface area contributed by atoms with E-state index in [2.05, 4.69) is 10.0 Å². The minimum Gasteiger partial charge on any atom is -0.460 e. The summed E-state index contributed by atoms with van der Waals surface area (Å²) in [6.45, 7) is 5.74. The molecule has 4 rings (SSSR count). The number of hydrogen-bond donors (Lipinski definition) is 2. The summed E-state index contributed by atoms with van der Waals surface area (Å²) >= 11 is 0. The Morgan fingerprint density at radius 3 is 2.53 bits per heavy atom. The van der Waals surface area contributed by atoms with Crippen molar-refractivity contribution in [2.75, 3.05) is 6.54 Å². The van der Waals surface area contributed by atoms with Crippen molar-refractivity contribution in [3.05, 3.63) is 12.2 Å². The van der Waals surface area contributed by atoms with Crippen molar-refractivity contribution in [1.29, 1.82) is 0 Å². The van der Waals surface area contributed by atoms with Gasteiger partial charge >= 0.3 is 5.97 Å². The smallest absolute Gasteiger partial charge is 0.307 e. The van der Waals surface area contributed by atoms with Crippen LogP contribution in [0.25, 0.3) is 0 Å². The molecule has 2 aliphatic heterocycles. The molecule has 10 nitrogen and oxygen atoms in total. The van der Waals surface area contributed by atoms with Gasteiger partial charge in [-0.05, 0) is 72.1 Å². The van der Waals surface area contributed by atoms with Gasteiger partial charge in [-0.1, -0.05) is 25.0 Å². The minimum atomic E-state index is -3.77. The van der Waals surface area contributed by atoms with Gasteiger partial charge in [-0.3, -0.25) is 23.9 Å². The number of amides is 3. The second-order valence-electron chi connectivity index (χ2n) is 12.2. The van der Waals surface area contributed by atoms with Gasteiger partial charge < -0.3 is 15.0 Å². The Morgan fingerprint density at radius 2 is 1.84 bits per heavy atom. The molecule has 2 saturated carbocycles. The number of esters is 1. The molecule has 0 spiro atoms. The summed E-state index contributed by atoms with van der Waals surface area (Å²) < 4.78 is 32.6. The fourth-order valence-corrected chi connectivity index (χ4v) is 6.86. The zero-order valence-corrected chi connectivity index (χ0v) is 23.5. The number of hydrogen-bond acceptors (Lipinski definition) is 7. The van der Waals surface area contributed by atoms with Gasteiger partial charge in [0.05, 0.1) is 11.7 Å². The molecular formula is C27H41N3O7S. The summed E-state index contributed by atoms with van der Waals surface area (Å²) in [6.07, 6.45) is 10.1. The quantitative estimate of drug-likeness (QED) is 0.395. The van der Waals surface area contributed by atoms with Crippen LogP contribution in [0.4, 0.5) is 0 Å². The molecule has 3 amide bonds. The highest BCUT2D eigenvalue weighted by Gasteiger charge is 2.61. The van der Waals surface area contributed by atoms with Crippen LogP contribution in [0.2, 0.25) is 0 Å².